The molecule has 0 heterocycles. The van der Waals surface area contributed by atoms with Crippen LogP contribution in [0.25, 0.3) is 0 Å². The molecule has 13 heavy (non-hydrogen) atoms. The van der Waals surface area contributed by atoms with E-state index in [1.807, 2.05) is 0 Å². The predicted molar refractivity (Wildman–Crippen MR) is 57.5 cm³/mol. The van der Waals surface area contributed by atoms with Crippen LogP contribution in [0.15, 0.2) is 22.7 Å². The molecule has 1 rings (SSSR count). The van der Waals surface area contributed by atoms with Gasteiger partial charge in [-0.1, -0.05) is 0 Å². The summed E-state index contributed by atoms with van der Waals surface area (Å²) in [7, 11) is 0. The molecule has 6 heteroatoms. The largest absolute Gasteiger partial charge is 0.306 e. The van der Waals surface area contributed by atoms with Crippen molar-refractivity contribution < 1.29 is 9.00 Å². The molecule has 0 aliphatic heterocycles. The van der Waals surface area contributed by atoms with Gasteiger partial charge in [0.2, 0.25) is 0 Å². The minimum Gasteiger partial charge on any atom is -0.306 e. The molecule has 0 amide bonds. The number of anilines is 1. The molecule has 0 aliphatic rings. The third kappa shape index (κ3) is 2.79. The summed E-state index contributed by atoms with van der Waals surface area (Å²) < 4.78 is 13.5. The number of thiol groups is 1. The van der Waals surface area contributed by atoms with Gasteiger partial charge < -0.3 is 4.72 Å². The summed E-state index contributed by atoms with van der Waals surface area (Å²) in [6.07, 6.45) is 0. The first-order valence-corrected chi connectivity index (χ1v) is 5.21. The van der Waals surface area contributed by atoms with Gasteiger partial charge in [-0.3, -0.25) is 4.79 Å². The van der Waals surface area contributed by atoms with E-state index in [1.165, 1.54) is 6.07 Å². The first-order valence-electron chi connectivity index (χ1n) is 3.23. The number of halogens is 2. The van der Waals surface area contributed by atoms with Crippen LogP contribution in [-0.4, -0.2) is 9.45 Å². The summed E-state index contributed by atoms with van der Waals surface area (Å²) in [5.74, 6) is 0. The lowest BCUT2D eigenvalue weighted by Gasteiger charge is -2.02. The summed E-state index contributed by atoms with van der Waals surface area (Å²) in [4.78, 5) is 10.8. The Balaban J connectivity index is 3.10. The lowest BCUT2D eigenvalue weighted by atomic mass is 10.2. The van der Waals surface area contributed by atoms with Gasteiger partial charge in [0.25, 0.3) is 5.24 Å². The highest BCUT2D eigenvalue weighted by Gasteiger charge is 2.05. The summed E-state index contributed by atoms with van der Waals surface area (Å²) in [5.41, 5.74) is 0.916. The molecule has 1 aromatic carbocycles. The van der Waals surface area contributed by atoms with Gasteiger partial charge in [0.15, 0.2) is 0 Å². The van der Waals surface area contributed by atoms with Crippen LogP contribution in [0.2, 0.25) is 0 Å². The SMILES string of the molecule is O=[SH]Nc1cc(C(=O)Cl)ccc1Br. The van der Waals surface area contributed by atoms with Crippen LogP contribution in [0.1, 0.15) is 10.4 Å². The van der Waals surface area contributed by atoms with E-state index in [4.69, 9.17) is 11.6 Å². The standard InChI is InChI=1S/C7H5BrClNO2S/c8-5-2-1-4(7(9)11)3-6(5)10-13-12/h1-3,13H,(H,10,12). The van der Waals surface area contributed by atoms with E-state index in [0.717, 1.165) is 4.47 Å². The molecule has 3 nitrogen and oxygen atoms in total. The molecule has 0 unspecified atom stereocenters. The molecule has 0 atom stereocenters. The van der Waals surface area contributed by atoms with E-state index in [9.17, 15) is 9.00 Å². The average Bonchev–Trinajstić information content (AvgIpc) is 2.08. The van der Waals surface area contributed by atoms with Gasteiger partial charge in [-0.15, -0.1) is 0 Å². The fourth-order valence-corrected chi connectivity index (χ4v) is 1.68. The van der Waals surface area contributed by atoms with Crippen LogP contribution in [0.3, 0.4) is 0 Å². The van der Waals surface area contributed by atoms with Gasteiger partial charge in [0.05, 0.1) is 5.69 Å². The minimum atomic E-state index is -0.543. The number of hydrogen-bond donors (Lipinski definition) is 2. The molecule has 0 aliphatic carbocycles. The fourth-order valence-electron chi connectivity index (χ4n) is 0.782. The van der Waals surface area contributed by atoms with Crippen LogP contribution in [0.5, 0.6) is 0 Å². The van der Waals surface area contributed by atoms with Crippen LogP contribution in [0, 0.1) is 0 Å². The zero-order valence-electron chi connectivity index (χ0n) is 6.25. The van der Waals surface area contributed by atoms with Crippen molar-refractivity contribution >= 4 is 50.3 Å². The second kappa shape index (κ2) is 4.74. The first kappa shape index (κ1) is 10.7. The topological polar surface area (TPSA) is 46.2 Å². The lowest BCUT2D eigenvalue weighted by molar-refractivity contribution is 0.108. The monoisotopic (exact) mass is 281 g/mol. The molecular formula is C7H5BrClNO2S. The quantitative estimate of drug-likeness (QED) is 0.659. The molecule has 0 saturated heterocycles. The number of carbonyl (C=O) groups excluding carboxylic acids is 1. The minimum absolute atomic E-state index is 0.229. The molecule has 1 N–H and O–H groups in total. The number of hydrogen-bond acceptors (Lipinski definition) is 2. The van der Waals surface area contributed by atoms with E-state index < -0.39 is 5.24 Å². The Bertz CT molecular complexity index is 358. The summed E-state index contributed by atoms with van der Waals surface area (Å²) in [5, 5.41) is -0.543. The van der Waals surface area contributed by atoms with Crippen molar-refractivity contribution in [1.82, 2.24) is 0 Å². The van der Waals surface area contributed by atoms with Gasteiger partial charge in [-0.25, -0.2) is 4.21 Å². The van der Waals surface area contributed by atoms with E-state index in [0.29, 0.717) is 11.3 Å². The van der Waals surface area contributed by atoms with Gasteiger partial charge in [-0.05, 0) is 45.7 Å². The molecule has 0 aromatic heterocycles. The molecule has 0 radical (unpaired) electrons. The normalized spacial score (nSPS) is 9.69. The van der Waals surface area contributed by atoms with Gasteiger partial charge >= 0.3 is 0 Å². The Morgan fingerprint density at radius 1 is 1.54 bits per heavy atom. The summed E-state index contributed by atoms with van der Waals surface area (Å²) in [6, 6.07) is 4.75. The van der Waals surface area contributed by atoms with E-state index in [1.54, 1.807) is 12.1 Å². The molecular weight excluding hydrogens is 278 g/mol. The Morgan fingerprint density at radius 2 is 2.23 bits per heavy atom. The molecule has 0 saturated carbocycles. The molecule has 1 aromatic rings. The van der Waals surface area contributed by atoms with Crippen LogP contribution >= 0.6 is 27.5 Å². The summed E-state index contributed by atoms with van der Waals surface area (Å²) in [6.45, 7) is 0. The van der Waals surface area contributed by atoms with E-state index >= 15 is 0 Å². The maximum Gasteiger partial charge on any atom is 0.252 e. The van der Waals surface area contributed by atoms with Crippen molar-refractivity contribution in [1.29, 1.82) is 0 Å². The highest BCUT2D eigenvalue weighted by molar-refractivity contribution is 9.10. The maximum absolute atomic E-state index is 10.8. The van der Waals surface area contributed by atoms with Crippen LogP contribution < -0.4 is 4.72 Å². The zero-order valence-corrected chi connectivity index (χ0v) is 9.49. The van der Waals surface area contributed by atoms with Crippen molar-refractivity contribution in [3.8, 4) is 0 Å². The number of carbonyl (C=O) groups is 1. The lowest BCUT2D eigenvalue weighted by Crippen LogP contribution is -1.94. The summed E-state index contributed by atoms with van der Waals surface area (Å²) >= 11 is 8.26. The molecule has 0 spiro atoms. The zero-order chi connectivity index (χ0) is 9.84. The third-order valence-corrected chi connectivity index (χ3v) is 2.60. The Kier molecular flexibility index (Phi) is 3.90. The van der Waals surface area contributed by atoms with Gasteiger partial charge in [0, 0.05) is 10.0 Å². The van der Waals surface area contributed by atoms with Gasteiger partial charge in [0.1, 0.15) is 11.9 Å². The van der Waals surface area contributed by atoms with Crippen LogP contribution in [0.4, 0.5) is 5.69 Å². The average molecular weight is 283 g/mol. The first-order chi connectivity index (χ1) is 6.15. The second-order valence-corrected chi connectivity index (χ2v) is 3.78. The predicted octanol–water partition coefficient (Wildman–Crippen LogP) is 2.10. The highest BCUT2D eigenvalue weighted by atomic mass is 79.9. The van der Waals surface area contributed by atoms with E-state index in [2.05, 4.69) is 20.7 Å². The number of nitrogens with one attached hydrogen (secondary N) is 1. The number of rotatable bonds is 3. The van der Waals surface area contributed by atoms with Crippen LogP contribution in [-0.2, 0) is 11.9 Å². The van der Waals surface area contributed by atoms with Crippen molar-refractivity contribution in [2.45, 2.75) is 0 Å². The van der Waals surface area contributed by atoms with Crippen molar-refractivity contribution in [2.24, 2.45) is 0 Å². The Hall–Kier alpha value is -0.390. The van der Waals surface area contributed by atoms with E-state index in [-0.39, 0.29) is 11.9 Å². The van der Waals surface area contributed by atoms with Crippen molar-refractivity contribution in [3.63, 3.8) is 0 Å². The Morgan fingerprint density at radius 3 is 2.77 bits per heavy atom. The van der Waals surface area contributed by atoms with Crippen molar-refractivity contribution in [3.05, 3.63) is 28.2 Å². The van der Waals surface area contributed by atoms with Gasteiger partial charge in [-0.2, -0.15) is 0 Å². The Labute approximate surface area is 92.2 Å². The third-order valence-electron chi connectivity index (χ3n) is 1.36. The highest BCUT2D eigenvalue weighted by Crippen LogP contribution is 2.23. The maximum atomic E-state index is 10.8. The molecule has 0 bridgehead atoms. The van der Waals surface area contributed by atoms with Crippen molar-refractivity contribution in [2.75, 3.05) is 4.72 Å². The fraction of sp³-hybridized carbons (Fsp3) is 0. The smallest absolute Gasteiger partial charge is 0.252 e. The molecule has 70 valence electrons. The molecule has 0 fully saturated rings. The number of benzene rings is 1. The second-order valence-electron chi connectivity index (χ2n) is 2.17.